The minimum absolute atomic E-state index is 0.00296. The van der Waals surface area contributed by atoms with Crippen molar-refractivity contribution in [2.24, 2.45) is 5.41 Å². The van der Waals surface area contributed by atoms with Crippen LogP contribution in [0.25, 0.3) is 21.6 Å². The first-order chi connectivity index (χ1) is 34.1. The summed E-state index contributed by atoms with van der Waals surface area (Å²) in [5, 5.41) is 25.5. The number of unbranched alkanes of at least 4 members (excludes halogenated alkanes) is 1. The number of hydrogen-bond acceptors (Lipinski definition) is 11. The monoisotopic (exact) mass is 1020 g/mol. The number of β-amino-alcohol motifs (C(OH)–C–C–N with tert-alkyl or cyclic N) is 1. The van der Waals surface area contributed by atoms with Gasteiger partial charge in [-0.2, -0.15) is 18.4 Å². The molecular weight excluding hydrogens is 968 g/mol. The summed E-state index contributed by atoms with van der Waals surface area (Å²) in [7, 11) is 0. The van der Waals surface area contributed by atoms with Gasteiger partial charge in [-0.05, 0) is 116 Å². The van der Waals surface area contributed by atoms with Crippen LogP contribution in [0.5, 0.6) is 5.75 Å². The van der Waals surface area contributed by atoms with Gasteiger partial charge in [-0.25, -0.2) is 4.98 Å². The van der Waals surface area contributed by atoms with E-state index in [4.69, 9.17) is 21.7 Å². The van der Waals surface area contributed by atoms with Crippen molar-refractivity contribution in [3.8, 4) is 33.4 Å². The number of nitrogens with zero attached hydrogens (tertiary/aromatic N) is 5. The Morgan fingerprint density at radius 3 is 2.18 bits per heavy atom. The van der Waals surface area contributed by atoms with E-state index in [0.717, 1.165) is 49.9 Å². The number of alkyl halides is 3. The lowest BCUT2D eigenvalue weighted by Crippen LogP contribution is -2.58. The summed E-state index contributed by atoms with van der Waals surface area (Å²) < 4.78 is 52.9. The van der Waals surface area contributed by atoms with E-state index in [0.29, 0.717) is 30.9 Å². The van der Waals surface area contributed by atoms with E-state index < -0.39 is 64.2 Å². The lowest BCUT2D eigenvalue weighted by atomic mass is 9.85. The van der Waals surface area contributed by atoms with Gasteiger partial charge in [0.25, 0.3) is 5.91 Å². The molecule has 1 unspecified atom stereocenters. The Kier molecular flexibility index (Phi) is 16.2. The summed E-state index contributed by atoms with van der Waals surface area (Å²) in [4.78, 5) is 63.6. The molecule has 72 heavy (non-hydrogen) atoms. The third-order valence-corrected chi connectivity index (χ3v) is 13.9. The zero-order chi connectivity index (χ0) is 52.1. The van der Waals surface area contributed by atoms with Crippen molar-refractivity contribution in [2.45, 2.75) is 97.3 Å². The number of benzene rings is 4. The average molecular weight is 1020 g/mol. The lowest BCUT2D eigenvalue weighted by molar-refractivity contribution is -0.144. The van der Waals surface area contributed by atoms with E-state index in [1.807, 2.05) is 88.4 Å². The maximum atomic E-state index is 14.0. The number of carbonyl (C=O) groups excluding carboxylic acids is 4. The zero-order valence-corrected chi connectivity index (χ0v) is 42.3. The van der Waals surface area contributed by atoms with Gasteiger partial charge in [0, 0.05) is 31.8 Å². The highest BCUT2D eigenvalue weighted by Gasteiger charge is 2.51. The van der Waals surface area contributed by atoms with E-state index in [1.54, 1.807) is 53.8 Å². The summed E-state index contributed by atoms with van der Waals surface area (Å²) in [5.41, 5.74) is 3.23. The Bertz CT molecular complexity index is 2840. The van der Waals surface area contributed by atoms with Crippen LogP contribution in [-0.2, 0) is 36.6 Å². The second-order valence-electron chi connectivity index (χ2n) is 19.3. The molecule has 378 valence electrons. The van der Waals surface area contributed by atoms with Crippen LogP contribution < -0.4 is 25.2 Å². The first-order valence-electron chi connectivity index (χ1n) is 23.3. The molecule has 4 amide bonds. The molecule has 2 aliphatic rings. The van der Waals surface area contributed by atoms with Gasteiger partial charge in [0.15, 0.2) is 5.11 Å². The highest BCUT2D eigenvalue weighted by Crippen LogP contribution is 2.40. The standard InChI is InChI=1S/C53H56F3N7O7S2/c1-32-45(72-31-59-32)36-11-9-33(10-12-36)28-58-47(66)43-26-40(64)29-61(43)48(67)46(51(2,3)4)60-44(65)30-69-23-7-8-24-70-41-21-16-35(17-22-41)34-13-18-38(19-14-34)63-50(71)62(49(68)52(63,5)6)39-20-15-37(27-57)42(25-39)53(54,55)56/h9-22,25,31,40,43,46,64H,7-8,23-24,26,28-30H2,1-6H3,(H,58,66)(H,60,65)/t40-,43-,46?/m0/s1. The first kappa shape index (κ1) is 53.1. The molecule has 2 fully saturated rings. The largest absolute Gasteiger partial charge is 0.494 e. The number of likely N-dealkylation sites (tertiary alicyclic amines) is 1. The molecule has 7 rings (SSSR count). The van der Waals surface area contributed by atoms with E-state index in [1.165, 1.54) is 11.0 Å². The van der Waals surface area contributed by atoms with Gasteiger partial charge < -0.3 is 35.0 Å². The van der Waals surface area contributed by atoms with Crippen LogP contribution in [0.15, 0.2) is 96.5 Å². The first-order valence-corrected chi connectivity index (χ1v) is 24.6. The predicted octanol–water partition coefficient (Wildman–Crippen LogP) is 8.58. The van der Waals surface area contributed by atoms with Gasteiger partial charge in [-0.1, -0.05) is 69.3 Å². The summed E-state index contributed by atoms with van der Waals surface area (Å²) >= 11 is 7.23. The van der Waals surface area contributed by atoms with E-state index in [2.05, 4.69) is 15.6 Å². The van der Waals surface area contributed by atoms with Crippen molar-refractivity contribution in [1.82, 2.24) is 20.5 Å². The zero-order valence-electron chi connectivity index (χ0n) is 40.7. The second-order valence-corrected chi connectivity index (χ2v) is 20.5. The summed E-state index contributed by atoms with van der Waals surface area (Å²) in [5.74, 6) is -1.20. The van der Waals surface area contributed by atoms with Crippen LogP contribution >= 0.6 is 23.6 Å². The van der Waals surface area contributed by atoms with Gasteiger partial charge >= 0.3 is 6.18 Å². The summed E-state index contributed by atoms with van der Waals surface area (Å²) in [6.07, 6.45) is -4.39. The van der Waals surface area contributed by atoms with E-state index in [9.17, 15) is 42.7 Å². The van der Waals surface area contributed by atoms with Gasteiger partial charge in [0.1, 0.15) is 30.0 Å². The molecule has 1 aromatic heterocycles. The molecule has 0 spiro atoms. The minimum Gasteiger partial charge on any atom is -0.494 e. The molecule has 0 aliphatic carbocycles. The summed E-state index contributed by atoms with van der Waals surface area (Å²) in [6.45, 7) is 11.3. The number of thiocarbonyl (C=S) groups is 1. The van der Waals surface area contributed by atoms with Crippen LogP contribution in [-0.4, -0.2) is 93.8 Å². The predicted molar refractivity (Wildman–Crippen MR) is 272 cm³/mol. The number of halogens is 3. The number of anilines is 2. The van der Waals surface area contributed by atoms with Crippen molar-refractivity contribution in [1.29, 1.82) is 5.26 Å². The fourth-order valence-electron chi connectivity index (χ4n) is 8.65. The highest BCUT2D eigenvalue weighted by atomic mass is 32.1. The Hall–Kier alpha value is -6.72. The third-order valence-electron chi connectivity index (χ3n) is 12.6. The molecule has 0 radical (unpaired) electrons. The fourth-order valence-corrected chi connectivity index (χ4v) is 9.98. The number of rotatable bonds is 17. The normalized spacial score (nSPS) is 17.2. The Balaban J connectivity index is 0.841. The SMILES string of the molecule is Cc1ncsc1-c1ccc(CNC(=O)[C@@H]2C[C@H](O)CN2C(=O)C(NC(=O)COCCCCOc2ccc(-c3ccc(N4C(=S)N(c5ccc(C#N)c(C(F)(F)F)c5)C(=O)C4(C)C)cc3)cc2)C(C)(C)C)cc1. The Labute approximate surface area is 425 Å². The topological polar surface area (TPSA) is 177 Å². The fraction of sp³-hybridized carbons (Fsp3) is 0.377. The minimum atomic E-state index is -4.81. The second kappa shape index (κ2) is 22.0. The molecule has 14 nitrogen and oxygen atoms in total. The van der Waals surface area contributed by atoms with Gasteiger partial charge in [0.2, 0.25) is 17.7 Å². The van der Waals surface area contributed by atoms with Crippen molar-refractivity contribution in [2.75, 3.05) is 36.2 Å². The molecule has 19 heteroatoms. The van der Waals surface area contributed by atoms with Crippen molar-refractivity contribution < 1.29 is 46.9 Å². The molecule has 3 N–H and O–H groups in total. The number of aryl methyl sites for hydroxylation is 1. The number of nitriles is 1. The molecule has 0 saturated carbocycles. The van der Waals surface area contributed by atoms with Crippen LogP contribution in [0.1, 0.15) is 76.3 Å². The van der Waals surface area contributed by atoms with Crippen LogP contribution in [0.3, 0.4) is 0 Å². The number of ether oxygens (including phenoxy) is 2. The highest BCUT2D eigenvalue weighted by molar-refractivity contribution is 7.81. The Morgan fingerprint density at radius 2 is 1.57 bits per heavy atom. The summed E-state index contributed by atoms with van der Waals surface area (Å²) in [6, 6.07) is 25.3. The van der Waals surface area contributed by atoms with Gasteiger partial charge in [-0.15, -0.1) is 11.3 Å². The maximum absolute atomic E-state index is 14.0. The van der Waals surface area contributed by atoms with E-state index in [-0.39, 0.29) is 49.4 Å². The smallest absolute Gasteiger partial charge is 0.417 e. The van der Waals surface area contributed by atoms with E-state index >= 15 is 0 Å². The van der Waals surface area contributed by atoms with Crippen molar-refractivity contribution in [3.05, 3.63) is 119 Å². The van der Waals surface area contributed by atoms with Gasteiger partial charge in [-0.3, -0.25) is 24.1 Å². The molecule has 3 atom stereocenters. The molecule has 5 aromatic rings. The number of amides is 4. The number of aliphatic hydroxyl groups is 1. The van der Waals surface area contributed by atoms with Crippen LogP contribution in [0.2, 0.25) is 0 Å². The molecular formula is C53H56F3N7O7S2. The number of carbonyl (C=O) groups is 4. The molecule has 2 saturated heterocycles. The third kappa shape index (κ3) is 12.0. The average Bonchev–Trinajstić information content (AvgIpc) is 4.01. The quantitative estimate of drug-likeness (QED) is 0.0601. The van der Waals surface area contributed by atoms with Crippen LogP contribution in [0, 0.1) is 23.7 Å². The van der Waals surface area contributed by atoms with Crippen molar-refractivity contribution in [3.63, 3.8) is 0 Å². The molecule has 0 bridgehead atoms. The van der Waals surface area contributed by atoms with Gasteiger partial charge in [0.05, 0.1) is 51.7 Å². The Morgan fingerprint density at radius 1 is 0.944 bits per heavy atom. The number of aromatic nitrogens is 1. The van der Waals surface area contributed by atoms with Crippen molar-refractivity contribution >= 4 is 63.7 Å². The maximum Gasteiger partial charge on any atom is 0.417 e. The molecule has 4 aromatic carbocycles. The lowest BCUT2D eigenvalue weighted by Gasteiger charge is -2.35. The number of aliphatic hydroxyl groups excluding tert-OH is 1. The molecule has 2 aliphatic heterocycles. The number of hydrogen-bond donors (Lipinski definition) is 3. The molecule has 3 heterocycles. The van der Waals surface area contributed by atoms with Crippen LogP contribution in [0.4, 0.5) is 24.5 Å². The number of thiazole rings is 1. The number of nitrogens with one attached hydrogen (secondary N) is 2.